The van der Waals surface area contributed by atoms with Crippen LogP contribution in [0.15, 0.2) is 29.3 Å². The van der Waals surface area contributed by atoms with Crippen molar-refractivity contribution in [3.8, 4) is 0 Å². The lowest BCUT2D eigenvalue weighted by Crippen LogP contribution is -2.28. The van der Waals surface area contributed by atoms with Crippen molar-refractivity contribution in [1.82, 2.24) is 19.7 Å². The number of anilines is 1. The van der Waals surface area contributed by atoms with Gasteiger partial charge in [-0.3, -0.25) is 19.5 Å². The Hall–Kier alpha value is -2.61. The molecule has 0 saturated carbocycles. The third-order valence-electron chi connectivity index (χ3n) is 3.83. The van der Waals surface area contributed by atoms with Crippen molar-refractivity contribution in [2.45, 2.75) is 39.7 Å². The average molecular weight is 357 g/mol. The Labute approximate surface area is 148 Å². The smallest absolute Gasteiger partial charge is 0.261 e. The van der Waals surface area contributed by atoms with E-state index in [0.717, 1.165) is 29.8 Å². The Kier molecular flexibility index (Phi) is 5.18. The van der Waals surface area contributed by atoms with E-state index in [-0.39, 0.29) is 18.0 Å². The number of aryl methyl sites for hydroxylation is 2. The Balaban J connectivity index is 1.73. The summed E-state index contributed by atoms with van der Waals surface area (Å²) in [6.07, 6.45) is 4.39. The molecule has 0 aliphatic rings. The summed E-state index contributed by atoms with van der Waals surface area (Å²) in [4.78, 5) is 29.0. The predicted molar refractivity (Wildman–Crippen MR) is 97.9 cm³/mol. The molecular weight excluding hydrogens is 338 g/mol. The Morgan fingerprint density at radius 3 is 2.96 bits per heavy atom. The number of carbonyl (C=O) groups excluding carboxylic acids is 1. The van der Waals surface area contributed by atoms with Crippen LogP contribution in [0.25, 0.3) is 10.9 Å². The molecule has 25 heavy (non-hydrogen) atoms. The molecule has 130 valence electrons. The van der Waals surface area contributed by atoms with Gasteiger partial charge in [-0.05, 0) is 25.0 Å². The van der Waals surface area contributed by atoms with E-state index in [1.54, 1.807) is 6.07 Å². The van der Waals surface area contributed by atoms with Gasteiger partial charge in [-0.25, -0.2) is 4.98 Å². The van der Waals surface area contributed by atoms with Gasteiger partial charge >= 0.3 is 0 Å². The highest BCUT2D eigenvalue weighted by molar-refractivity contribution is 7.15. The minimum atomic E-state index is -0.325. The molecule has 0 unspecified atom stereocenters. The van der Waals surface area contributed by atoms with Crippen molar-refractivity contribution >= 4 is 33.3 Å². The minimum absolute atomic E-state index is 0.112. The van der Waals surface area contributed by atoms with Crippen LogP contribution in [0.4, 0.5) is 5.13 Å². The van der Waals surface area contributed by atoms with Crippen molar-refractivity contribution in [3.05, 3.63) is 45.5 Å². The fraction of sp³-hybridized carbons (Fsp3) is 0.353. The Morgan fingerprint density at radius 2 is 2.16 bits per heavy atom. The van der Waals surface area contributed by atoms with Gasteiger partial charge in [0, 0.05) is 6.42 Å². The first-order valence-corrected chi connectivity index (χ1v) is 8.97. The second-order valence-corrected chi connectivity index (χ2v) is 6.86. The number of nitrogens with zero attached hydrogens (tertiary/aromatic N) is 4. The molecule has 0 aliphatic heterocycles. The maximum Gasteiger partial charge on any atom is 0.261 e. The van der Waals surface area contributed by atoms with E-state index in [1.807, 2.05) is 19.1 Å². The summed E-state index contributed by atoms with van der Waals surface area (Å²) in [7, 11) is 0. The molecule has 8 heteroatoms. The van der Waals surface area contributed by atoms with Gasteiger partial charge in [0.2, 0.25) is 11.0 Å². The maximum atomic E-state index is 12.5. The van der Waals surface area contributed by atoms with Crippen molar-refractivity contribution in [1.29, 1.82) is 0 Å². The third-order valence-corrected chi connectivity index (χ3v) is 4.73. The molecule has 0 spiro atoms. The molecule has 3 rings (SSSR count). The summed E-state index contributed by atoms with van der Waals surface area (Å²) in [5.41, 5.74) is 1.36. The predicted octanol–water partition coefficient (Wildman–Crippen LogP) is 2.54. The van der Waals surface area contributed by atoms with Gasteiger partial charge in [-0.2, -0.15) is 0 Å². The molecule has 0 radical (unpaired) electrons. The molecule has 1 N–H and O–H groups in total. The van der Waals surface area contributed by atoms with Crippen molar-refractivity contribution < 1.29 is 4.79 Å². The van der Waals surface area contributed by atoms with Crippen LogP contribution in [0, 0.1) is 6.92 Å². The van der Waals surface area contributed by atoms with Gasteiger partial charge in [0.1, 0.15) is 11.6 Å². The van der Waals surface area contributed by atoms with Gasteiger partial charge < -0.3 is 0 Å². The summed E-state index contributed by atoms with van der Waals surface area (Å²) in [6.45, 7) is 3.90. The number of unbranched alkanes of at least 4 members (excludes halogenated alkanes) is 1. The minimum Gasteiger partial charge on any atom is -0.299 e. The first-order chi connectivity index (χ1) is 12.1. The SMILES string of the molecule is CCCCc1nnc(NC(=O)Cn2cnc3c(C)cccc3c2=O)s1. The number of para-hydroxylation sites is 1. The van der Waals surface area contributed by atoms with Gasteiger partial charge in [0.15, 0.2) is 0 Å². The van der Waals surface area contributed by atoms with Crippen LogP contribution < -0.4 is 10.9 Å². The van der Waals surface area contributed by atoms with E-state index < -0.39 is 0 Å². The van der Waals surface area contributed by atoms with E-state index in [0.29, 0.717) is 16.0 Å². The second kappa shape index (κ2) is 7.52. The highest BCUT2D eigenvalue weighted by Gasteiger charge is 2.11. The van der Waals surface area contributed by atoms with E-state index in [4.69, 9.17) is 0 Å². The zero-order valence-electron chi connectivity index (χ0n) is 14.2. The molecule has 0 aliphatic carbocycles. The van der Waals surface area contributed by atoms with Crippen LogP contribution in [-0.4, -0.2) is 25.7 Å². The molecular formula is C17H19N5O2S. The molecule has 3 aromatic rings. The molecule has 7 nitrogen and oxygen atoms in total. The van der Waals surface area contributed by atoms with Gasteiger partial charge in [-0.15, -0.1) is 10.2 Å². The molecule has 2 heterocycles. The maximum absolute atomic E-state index is 12.5. The van der Waals surface area contributed by atoms with Crippen LogP contribution in [0.1, 0.15) is 30.3 Å². The number of hydrogen-bond donors (Lipinski definition) is 1. The Morgan fingerprint density at radius 1 is 1.32 bits per heavy atom. The third kappa shape index (κ3) is 3.90. The summed E-state index contributed by atoms with van der Waals surface area (Å²) in [5, 5.41) is 12.6. The number of hydrogen-bond acceptors (Lipinski definition) is 6. The molecule has 2 aromatic heterocycles. The number of amides is 1. The molecule has 1 amide bonds. The normalized spacial score (nSPS) is 11.0. The summed E-state index contributed by atoms with van der Waals surface area (Å²) < 4.78 is 1.30. The van der Waals surface area contributed by atoms with Crippen LogP contribution in [0.2, 0.25) is 0 Å². The highest BCUT2D eigenvalue weighted by Crippen LogP contribution is 2.17. The molecule has 0 atom stereocenters. The largest absolute Gasteiger partial charge is 0.299 e. The number of aromatic nitrogens is 4. The Bertz CT molecular complexity index is 963. The monoisotopic (exact) mass is 357 g/mol. The van der Waals surface area contributed by atoms with Crippen molar-refractivity contribution in [3.63, 3.8) is 0 Å². The first-order valence-electron chi connectivity index (χ1n) is 8.15. The molecule has 0 saturated heterocycles. The lowest BCUT2D eigenvalue weighted by molar-refractivity contribution is -0.116. The second-order valence-electron chi connectivity index (χ2n) is 5.80. The number of benzene rings is 1. The lowest BCUT2D eigenvalue weighted by atomic mass is 10.1. The van der Waals surface area contributed by atoms with Crippen LogP contribution >= 0.6 is 11.3 Å². The standard InChI is InChI=1S/C17H19N5O2S/c1-3-4-8-14-20-21-17(25-14)19-13(23)9-22-10-18-15-11(2)6-5-7-12(15)16(22)24/h5-7,10H,3-4,8-9H2,1-2H3,(H,19,21,23). The molecule has 1 aromatic carbocycles. The fourth-order valence-corrected chi connectivity index (χ4v) is 3.29. The van der Waals surface area contributed by atoms with E-state index in [9.17, 15) is 9.59 Å². The molecule has 0 fully saturated rings. The van der Waals surface area contributed by atoms with Crippen LogP contribution in [-0.2, 0) is 17.8 Å². The number of rotatable bonds is 6. The van der Waals surface area contributed by atoms with E-state index in [2.05, 4.69) is 27.4 Å². The summed E-state index contributed by atoms with van der Waals surface area (Å²) in [6, 6.07) is 5.43. The quantitative estimate of drug-likeness (QED) is 0.732. The van der Waals surface area contributed by atoms with E-state index in [1.165, 1.54) is 22.2 Å². The summed E-state index contributed by atoms with van der Waals surface area (Å²) >= 11 is 1.36. The van der Waals surface area contributed by atoms with Crippen LogP contribution in [0.3, 0.4) is 0 Å². The van der Waals surface area contributed by atoms with E-state index >= 15 is 0 Å². The van der Waals surface area contributed by atoms with Gasteiger partial charge in [-0.1, -0.05) is 36.8 Å². The van der Waals surface area contributed by atoms with Crippen molar-refractivity contribution in [2.75, 3.05) is 5.32 Å². The number of nitrogens with one attached hydrogen (secondary N) is 1. The summed E-state index contributed by atoms with van der Waals surface area (Å²) in [5.74, 6) is -0.325. The van der Waals surface area contributed by atoms with Gasteiger partial charge in [0.05, 0.1) is 17.2 Å². The average Bonchev–Trinajstić information content (AvgIpc) is 3.03. The number of fused-ring (bicyclic) bond motifs is 1. The molecule has 0 bridgehead atoms. The fourth-order valence-electron chi connectivity index (χ4n) is 2.50. The zero-order valence-corrected chi connectivity index (χ0v) is 15.0. The van der Waals surface area contributed by atoms with Gasteiger partial charge in [0.25, 0.3) is 5.56 Å². The van der Waals surface area contributed by atoms with Crippen LogP contribution in [0.5, 0.6) is 0 Å². The first kappa shape index (κ1) is 17.2. The highest BCUT2D eigenvalue weighted by atomic mass is 32.1. The topological polar surface area (TPSA) is 89.8 Å². The lowest BCUT2D eigenvalue weighted by Gasteiger charge is -2.07. The number of carbonyl (C=O) groups is 1. The van der Waals surface area contributed by atoms with Crippen molar-refractivity contribution in [2.24, 2.45) is 0 Å². The zero-order chi connectivity index (χ0) is 17.8.